The maximum Gasteiger partial charge on any atom is 0.0227 e. The maximum absolute atomic E-state index is 6.10. The van der Waals surface area contributed by atoms with Gasteiger partial charge in [-0.25, -0.2) is 0 Å². The van der Waals surface area contributed by atoms with Crippen molar-refractivity contribution >= 4 is 0 Å². The van der Waals surface area contributed by atoms with E-state index >= 15 is 0 Å². The Morgan fingerprint density at radius 2 is 1.62 bits per heavy atom. The first-order valence-electron chi connectivity index (χ1n) is 10.3. The van der Waals surface area contributed by atoms with Crippen molar-refractivity contribution in [3.05, 3.63) is 23.3 Å². The molecule has 4 fully saturated rings. The van der Waals surface area contributed by atoms with Crippen LogP contribution >= 0.6 is 0 Å². The van der Waals surface area contributed by atoms with E-state index in [2.05, 4.69) is 38.2 Å². The van der Waals surface area contributed by atoms with Crippen LogP contribution in [0.15, 0.2) is 23.3 Å². The van der Waals surface area contributed by atoms with Crippen LogP contribution in [-0.2, 0) is 0 Å². The molecule has 0 aromatic rings. The Bertz CT molecular complexity index is 444. The summed E-state index contributed by atoms with van der Waals surface area (Å²) in [6, 6.07) is 1.22. The predicted molar refractivity (Wildman–Crippen MR) is 104 cm³/mol. The molecular weight excluding hydrogens is 292 g/mol. The summed E-state index contributed by atoms with van der Waals surface area (Å²) in [4.78, 5) is 0. The first-order valence-corrected chi connectivity index (χ1v) is 10.3. The van der Waals surface area contributed by atoms with E-state index in [0.29, 0.717) is 6.04 Å². The van der Waals surface area contributed by atoms with Crippen molar-refractivity contribution in [2.45, 2.75) is 84.2 Å². The second-order valence-electron chi connectivity index (χ2n) is 9.16. The third-order valence-corrected chi connectivity index (χ3v) is 6.78. The molecule has 2 heteroatoms. The fraction of sp³-hybridized carbons (Fsp3) is 0.818. The molecule has 4 saturated carbocycles. The van der Waals surface area contributed by atoms with Gasteiger partial charge in [-0.2, -0.15) is 0 Å². The van der Waals surface area contributed by atoms with Gasteiger partial charge in [0.25, 0.3) is 0 Å². The van der Waals surface area contributed by atoms with Gasteiger partial charge in [-0.15, -0.1) is 0 Å². The molecule has 0 aromatic carbocycles. The average molecular weight is 331 g/mol. The van der Waals surface area contributed by atoms with Crippen molar-refractivity contribution in [2.24, 2.45) is 29.4 Å². The minimum absolute atomic E-state index is 0.464. The normalized spacial score (nSPS) is 36.0. The van der Waals surface area contributed by atoms with Crippen LogP contribution < -0.4 is 11.1 Å². The van der Waals surface area contributed by atoms with Gasteiger partial charge in [0.1, 0.15) is 0 Å². The zero-order chi connectivity index (χ0) is 17.1. The first kappa shape index (κ1) is 18.2. The molecule has 0 radical (unpaired) electrons. The fourth-order valence-corrected chi connectivity index (χ4v) is 5.74. The van der Waals surface area contributed by atoms with Gasteiger partial charge < -0.3 is 11.1 Å². The molecule has 0 spiro atoms. The third-order valence-electron chi connectivity index (χ3n) is 6.78. The summed E-state index contributed by atoms with van der Waals surface area (Å²) in [7, 11) is 0. The van der Waals surface area contributed by atoms with Crippen molar-refractivity contribution < 1.29 is 0 Å². The Hall–Kier alpha value is -0.600. The number of hydrogen-bond acceptors (Lipinski definition) is 2. The van der Waals surface area contributed by atoms with Gasteiger partial charge in [-0.3, -0.25) is 0 Å². The number of allylic oxidation sites excluding steroid dienone is 3. The van der Waals surface area contributed by atoms with Crippen LogP contribution in [0.2, 0.25) is 0 Å². The standard InChI is InChI=1S/C22H38N2/c1-15(2)5-4-6-16(3)7-8-21(14-23)24-22-19-10-17-9-18(12-19)13-20(22)11-17/h5,7,17-22,24H,4,6,8-14,23H2,1-3H3/b16-7+. The SMILES string of the molecule is CC(C)=CCC/C(C)=C/CC(CN)NC1C2CC3CC(C2)CC1C3. The Balaban J connectivity index is 1.49. The Kier molecular flexibility index (Phi) is 6.21. The minimum atomic E-state index is 0.464. The van der Waals surface area contributed by atoms with Crippen molar-refractivity contribution in [1.29, 1.82) is 0 Å². The molecule has 3 N–H and O–H groups in total. The average Bonchev–Trinajstić information content (AvgIpc) is 2.52. The highest BCUT2D eigenvalue weighted by Gasteiger charge is 2.48. The first-order chi connectivity index (χ1) is 11.5. The molecule has 4 aliphatic carbocycles. The zero-order valence-corrected chi connectivity index (χ0v) is 16.1. The van der Waals surface area contributed by atoms with E-state index < -0.39 is 0 Å². The Morgan fingerprint density at radius 1 is 1.00 bits per heavy atom. The quantitative estimate of drug-likeness (QED) is 0.627. The molecule has 4 rings (SSSR count). The molecule has 0 aliphatic heterocycles. The lowest BCUT2D eigenvalue weighted by molar-refractivity contribution is -0.0172. The van der Waals surface area contributed by atoms with Crippen LogP contribution in [0.3, 0.4) is 0 Å². The zero-order valence-electron chi connectivity index (χ0n) is 16.1. The minimum Gasteiger partial charge on any atom is -0.329 e. The lowest BCUT2D eigenvalue weighted by Crippen LogP contribution is -2.57. The van der Waals surface area contributed by atoms with Crippen LogP contribution in [0.4, 0.5) is 0 Å². The topological polar surface area (TPSA) is 38.0 Å². The molecule has 0 amide bonds. The summed E-state index contributed by atoms with van der Waals surface area (Å²) in [6.07, 6.45) is 15.7. The molecule has 4 aliphatic rings. The number of nitrogens with two attached hydrogens (primary N) is 1. The van der Waals surface area contributed by atoms with Gasteiger partial charge >= 0.3 is 0 Å². The second kappa shape index (κ2) is 8.19. The molecule has 0 aromatic heterocycles. The monoisotopic (exact) mass is 330 g/mol. The Labute approximate surface area is 149 Å². The van der Waals surface area contributed by atoms with Gasteiger partial charge in [-0.05, 0) is 95.8 Å². The maximum atomic E-state index is 6.10. The van der Waals surface area contributed by atoms with E-state index in [-0.39, 0.29) is 0 Å². The van der Waals surface area contributed by atoms with Crippen LogP contribution in [-0.4, -0.2) is 18.6 Å². The van der Waals surface area contributed by atoms with Crippen LogP contribution in [0, 0.1) is 23.7 Å². The summed E-state index contributed by atoms with van der Waals surface area (Å²) in [5.74, 6) is 3.99. The van der Waals surface area contributed by atoms with E-state index in [1.54, 1.807) is 0 Å². The third kappa shape index (κ3) is 4.52. The van der Waals surface area contributed by atoms with Gasteiger partial charge in [0.15, 0.2) is 0 Å². The highest BCUT2D eigenvalue weighted by atomic mass is 15.0. The smallest absolute Gasteiger partial charge is 0.0227 e. The Morgan fingerprint density at radius 3 is 2.17 bits per heavy atom. The fourth-order valence-electron chi connectivity index (χ4n) is 5.74. The number of rotatable bonds is 8. The van der Waals surface area contributed by atoms with Crippen molar-refractivity contribution in [1.82, 2.24) is 5.32 Å². The highest BCUT2D eigenvalue weighted by Crippen LogP contribution is 2.53. The molecule has 136 valence electrons. The molecule has 1 atom stereocenters. The summed E-state index contributed by atoms with van der Waals surface area (Å²) >= 11 is 0. The molecule has 0 saturated heterocycles. The van der Waals surface area contributed by atoms with E-state index in [1.807, 2.05) is 0 Å². The van der Waals surface area contributed by atoms with Crippen LogP contribution in [0.5, 0.6) is 0 Å². The highest BCUT2D eigenvalue weighted by molar-refractivity contribution is 5.05. The van der Waals surface area contributed by atoms with Crippen molar-refractivity contribution in [3.8, 4) is 0 Å². The van der Waals surface area contributed by atoms with Gasteiger partial charge in [0.2, 0.25) is 0 Å². The molecule has 2 nitrogen and oxygen atoms in total. The lowest BCUT2D eigenvalue weighted by atomic mass is 9.54. The second-order valence-corrected chi connectivity index (χ2v) is 9.16. The lowest BCUT2D eigenvalue weighted by Gasteiger charge is -2.55. The summed E-state index contributed by atoms with van der Waals surface area (Å²) < 4.78 is 0. The van der Waals surface area contributed by atoms with Crippen LogP contribution in [0.25, 0.3) is 0 Å². The van der Waals surface area contributed by atoms with Gasteiger partial charge in [0, 0.05) is 18.6 Å². The van der Waals surface area contributed by atoms with Crippen molar-refractivity contribution in [3.63, 3.8) is 0 Å². The summed E-state index contributed by atoms with van der Waals surface area (Å²) in [6.45, 7) is 7.40. The van der Waals surface area contributed by atoms with Gasteiger partial charge in [-0.1, -0.05) is 23.3 Å². The molecule has 24 heavy (non-hydrogen) atoms. The van der Waals surface area contributed by atoms with E-state index in [0.717, 1.165) is 42.7 Å². The molecular formula is C22H38N2. The molecule has 1 unspecified atom stereocenters. The summed E-state index contributed by atoms with van der Waals surface area (Å²) in [5.41, 5.74) is 9.04. The molecule has 0 heterocycles. The van der Waals surface area contributed by atoms with Gasteiger partial charge in [0.05, 0.1) is 0 Å². The number of nitrogens with one attached hydrogen (secondary N) is 1. The van der Waals surface area contributed by atoms with E-state index in [1.165, 1.54) is 56.1 Å². The summed E-state index contributed by atoms with van der Waals surface area (Å²) in [5, 5.41) is 4.00. The number of hydrogen-bond donors (Lipinski definition) is 2. The van der Waals surface area contributed by atoms with E-state index in [4.69, 9.17) is 5.73 Å². The predicted octanol–water partition coefficient (Wildman–Crippen LogP) is 4.81. The largest absolute Gasteiger partial charge is 0.329 e. The molecule has 4 bridgehead atoms. The van der Waals surface area contributed by atoms with Crippen molar-refractivity contribution in [2.75, 3.05) is 6.54 Å². The van der Waals surface area contributed by atoms with Crippen LogP contribution in [0.1, 0.15) is 72.1 Å². The van der Waals surface area contributed by atoms with E-state index in [9.17, 15) is 0 Å².